The lowest BCUT2D eigenvalue weighted by Gasteiger charge is -2.40. The Morgan fingerprint density at radius 3 is 2.50 bits per heavy atom. The van der Waals surface area contributed by atoms with Gasteiger partial charge in [0.1, 0.15) is 5.75 Å². The molecule has 0 spiro atoms. The number of carbonyl (C=O) groups is 1. The van der Waals surface area contributed by atoms with Crippen molar-refractivity contribution in [3.63, 3.8) is 0 Å². The lowest BCUT2D eigenvalue weighted by molar-refractivity contribution is -0.150. The van der Waals surface area contributed by atoms with Gasteiger partial charge >= 0.3 is 5.97 Å². The van der Waals surface area contributed by atoms with Gasteiger partial charge in [0.05, 0.1) is 17.6 Å². The van der Waals surface area contributed by atoms with E-state index < -0.39 is 12.1 Å². The Hall–Kier alpha value is -2.67. The molecule has 30 heavy (non-hydrogen) atoms. The zero-order valence-electron chi connectivity index (χ0n) is 18.2. The molecule has 0 aliphatic carbocycles. The van der Waals surface area contributed by atoms with E-state index >= 15 is 0 Å². The van der Waals surface area contributed by atoms with Gasteiger partial charge in [-0.25, -0.2) is 4.79 Å². The summed E-state index contributed by atoms with van der Waals surface area (Å²) < 4.78 is 5.78. The van der Waals surface area contributed by atoms with Gasteiger partial charge in [0, 0.05) is 42.7 Å². The zero-order valence-corrected chi connectivity index (χ0v) is 18.2. The van der Waals surface area contributed by atoms with Gasteiger partial charge in [0.2, 0.25) is 0 Å². The summed E-state index contributed by atoms with van der Waals surface area (Å²) in [4.78, 5) is 23.3. The van der Waals surface area contributed by atoms with Crippen molar-refractivity contribution in [1.82, 2.24) is 9.97 Å². The van der Waals surface area contributed by atoms with Crippen LogP contribution in [0.2, 0.25) is 0 Å². The maximum absolute atomic E-state index is 12.2. The fourth-order valence-corrected chi connectivity index (χ4v) is 3.85. The number of pyridine rings is 2. The highest BCUT2D eigenvalue weighted by molar-refractivity contribution is 5.85. The van der Waals surface area contributed by atoms with E-state index in [0.29, 0.717) is 23.6 Å². The molecule has 3 rings (SSSR count). The van der Waals surface area contributed by atoms with Crippen LogP contribution in [-0.2, 0) is 9.53 Å². The van der Waals surface area contributed by atoms with Crippen molar-refractivity contribution >= 4 is 11.7 Å². The molecule has 1 atom stereocenters. The molecule has 0 aromatic carbocycles. The Labute approximate surface area is 177 Å². The summed E-state index contributed by atoms with van der Waals surface area (Å²) in [6.07, 6.45) is 4.77. The van der Waals surface area contributed by atoms with E-state index in [0.717, 1.165) is 43.6 Å². The summed E-state index contributed by atoms with van der Waals surface area (Å²) >= 11 is 0. The van der Waals surface area contributed by atoms with Crippen molar-refractivity contribution in [2.75, 3.05) is 24.6 Å². The minimum atomic E-state index is -1.10. The van der Waals surface area contributed by atoms with E-state index in [1.165, 1.54) is 6.20 Å². The molecular weight excluding hydrogens is 382 g/mol. The summed E-state index contributed by atoms with van der Waals surface area (Å²) in [6, 6.07) is 3.30. The van der Waals surface area contributed by atoms with Gasteiger partial charge < -0.3 is 19.8 Å². The maximum atomic E-state index is 12.2. The summed E-state index contributed by atoms with van der Waals surface area (Å²) in [5.74, 6) is -0.947. The number of aryl methyl sites for hydroxylation is 1. The van der Waals surface area contributed by atoms with E-state index in [2.05, 4.69) is 28.7 Å². The highest BCUT2D eigenvalue weighted by Gasteiger charge is 2.33. The summed E-state index contributed by atoms with van der Waals surface area (Å²) in [5.41, 5.74) is 3.69. The van der Waals surface area contributed by atoms with Crippen LogP contribution in [0.3, 0.4) is 0 Å². The minimum Gasteiger partial charge on any atom is -0.506 e. The lowest BCUT2D eigenvalue weighted by atomic mass is 9.82. The predicted octanol–water partition coefficient (Wildman–Crippen LogP) is 4.34. The highest BCUT2D eigenvalue weighted by Crippen LogP contribution is 2.42. The molecule has 0 amide bonds. The van der Waals surface area contributed by atoms with Crippen LogP contribution in [0.5, 0.6) is 5.75 Å². The number of rotatable bonds is 7. The summed E-state index contributed by atoms with van der Waals surface area (Å²) in [5, 5.41) is 19.6. The number of aliphatic carboxylic acids is 1. The largest absolute Gasteiger partial charge is 0.506 e. The fourth-order valence-electron chi connectivity index (χ4n) is 3.85. The van der Waals surface area contributed by atoms with Gasteiger partial charge in [-0.15, -0.1) is 0 Å². The molecule has 1 aliphatic rings. The van der Waals surface area contributed by atoms with E-state index in [4.69, 9.17) is 4.74 Å². The SMILES string of the molecule is CCCO[C@H](C(=O)O)c1c(C)ncc(-c2ccc(O)cn2)c1N1CCC(C)(C)CC1. The predicted molar refractivity (Wildman–Crippen MR) is 116 cm³/mol. The second-order valence-electron chi connectivity index (χ2n) is 8.66. The third kappa shape index (κ3) is 4.73. The van der Waals surface area contributed by atoms with Crippen LogP contribution in [0.25, 0.3) is 11.3 Å². The van der Waals surface area contributed by atoms with Crippen LogP contribution in [0.1, 0.15) is 57.4 Å². The van der Waals surface area contributed by atoms with Crippen molar-refractivity contribution in [2.24, 2.45) is 5.41 Å². The molecule has 0 saturated carbocycles. The lowest BCUT2D eigenvalue weighted by Crippen LogP contribution is -2.39. The Balaban J connectivity index is 2.18. The third-order valence-corrected chi connectivity index (χ3v) is 5.72. The van der Waals surface area contributed by atoms with E-state index in [1.807, 2.05) is 13.8 Å². The smallest absolute Gasteiger partial charge is 0.337 e. The van der Waals surface area contributed by atoms with Crippen molar-refractivity contribution in [1.29, 1.82) is 0 Å². The average molecular weight is 414 g/mol. The van der Waals surface area contributed by atoms with Gasteiger partial charge in [-0.3, -0.25) is 9.97 Å². The Bertz CT molecular complexity index is 886. The number of hydrogen-bond acceptors (Lipinski definition) is 6. The molecule has 162 valence electrons. The Morgan fingerprint density at radius 2 is 1.93 bits per heavy atom. The molecule has 1 saturated heterocycles. The topological polar surface area (TPSA) is 95.8 Å². The van der Waals surface area contributed by atoms with Crippen LogP contribution in [0, 0.1) is 12.3 Å². The molecular formula is C23H31N3O4. The monoisotopic (exact) mass is 413 g/mol. The number of aromatic nitrogens is 2. The van der Waals surface area contributed by atoms with Crippen molar-refractivity contribution in [2.45, 2.75) is 53.1 Å². The van der Waals surface area contributed by atoms with E-state index in [1.54, 1.807) is 18.3 Å². The van der Waals surface area contributed by atoms with Gasteiger partial charge in [-0.05, 0) is 43.7 Å². The van der Waals surface area contributed by atoms with Crippen molar-refractivity contribution in [3.8, 4) is 17.0 Å². The fraction of sp³-hybridized carbons (Fsp3) is 0.522. The number of ether oxygens (including phenoxy) is 1. The molecule has 1 aliphatic heterocycles. The number of anilines is 1. The first-order valence-electron chi connectivity index (χ1n) is 10.5. The number of hydrogen-bond donors (Lipinski definition) is 2. The number of carboxylic acid groups (broad SMARTS) is 1. The number of piperidine rings is 1. The molecule has 0 radical (unpaired) electrons. The molecule has 2 N–H and O–H groups in total. The number of aromatic hydroxyl groups is 1. The Kier molecular flexibility index (Phi) is 6.61. The first-order valence-corrected chi connectivity index (χ1v) is 10.5. The van der Waals surface area contributed by atoms with Crippen LogP contribution in [-0.4, -0.2) is 45.8 Å². The minimum absolute atomic E-state index is 0.0787. The van der Waals surface area contributed by atoms with Crippen molar-refractivity contribution in [3.05, 3.63) is 35.8 Å². The van der Waals surface area contributed by atoms with Crippen LogP contribution in [0.4, 0.5) is 5.69 Å². The molecule has 7 heteroatoms. The second-order valence-corrected chi connectivity index (χ2v) is 8.66. The average Bonchev–Trinajstić information content (AvgIpc) is 2.70. The molecule has 0 bridgehead atoms. The van der Waals surface area contributed by atoms with Gasteiger partial charge in [-0.1, -0.05) is 20.8 Å². The molecule has 2 aromatic heterocycles. The van der Waals surface area contributed by atoms with Crippen LogP contribution in [0.15, 0.2) is 24.5 Å². The number of carboxylic acids is 1. The summed E-state index contributed by atoms with van der Waals surface area (Å²) in [6.45, 7) is 10.3. The quantitative estimate of drug-likeness (QED) is 0.697. The van der Waals surface area contributed by atoms with Crippen molar-refractivity contribution < 1.29 is 19.7 Å². The zero-order chi connectivity index (χ0) is 21.9. The molecule has 7 nitrogen and oxygen atoms in total. The normalized spacial score (nSPS) is 17.0. The van der Waals surface area contributed by atoms with E-state index in [-0.39, 0.29) is 11.2 Å². The third-order valence-electron chi connectivity index (χ3n) is 5.72. The highest BCUT2D eigenvalue weighted by atomic mass is 16.5. The second kappa shape index (κ2) is 9.00. The molecule has 2 aromatic rings. The van der Waals surface area contributed by atoms with Gasteiger partial charge in [0.25, 0.3) is 0 Å². The summed E-state index contributed by atoms with van der Waals surface area (Å²) in [7, 11) is 0. The Morgan fingerprint density at radius 1 is 1.23 bits per heavy atom. The van der Waals surface area contributed by atoms with Crippen LogP contribution < -0.4 is 4.90 Å². The van der Waals surface area contributed by atoms with Crippen LogP contribution >= 0.6 is 0 Å². The first kappa shape index (κ1) is 22.0. The molecule has 3 heterocycles. The maximum Gasteiger partial charge on any atom is 0.337 e. The van der Waals surface area contributed by atoms with E-state index in [9.17, 15) is 15.0 Å². The van der Waals surface area contributed by atoms with Gasteiger partial charge in [-0.2, -0.15) is 0 Å². The molecule has 1 fully saturated rings. The number of nitrogens with zero attached hydrogens (tertiary/aromatic N) is 3. The standard InChI is InChI=1S/C23H31N3O4/c1-5-12-30-21(22(28)29)19-15(2)24-14-17(18-7-6-16(27)13-25-18)20(19)26-10-8-23(3,4)9-11-26/h6-7,13-14,21,27H,5,8-12H2,1-4H3,(H,28,29)/t21-/m0/s1. The van der Waals surface area contributed by atoms with Gasteiger partial charge in [0.15, 0.2) is 6.10 Å². The first-order chi connectivity index (χ1) is 14.2. The molecule has 0 unspecified atom stereocenters.